The quantitative estimate of drug-likeness (QED) is 0.649. The van der Waals surface area contributed by atoms with Crippen LogP contribution in [-0.4, -0.2) is 11.6 Å². The Morgan fingerprint density at radius 1 is 0.897 bits per heavy atom. The molecule has 2 saturated carbocycles. The van der Waals surface area contributed by atoms with Crippen LogP contribution in [0.3, 0.4) is 0 Å². The van der Waals surface area contributed by atoms with Gasteiger partial charge in [-0.25, -0.2) is 0 Å². The van der Waals surface area contributed by atoms with Crippen LogP contribution in [0.2, 0.25) is 0 Å². The van der Waals surface area contributed by atoms with Crippen LogP contribution in [0.15, 0.2) is 53.6 Å². The van der Waals surface area contributed by atoms with Gasteiger partial charge in [-0.05, 0) is 84.5 Å². The molecule has 1 aromatic rings. The first-order valence-corrected chi connectivity index (χ1v) is 11.5. The molecule has 0 aromatic heterocycles. The van der Waals surface area contributed by atoms with E-state index in [1.54, 1.807) is 0 Å². The first kappa shape index (κ1) is 19.0. The number of carbonyl (C=O) groups excluding carboxylic acids is 2. The molecule has 0 bridgehead atoms. The Morgan fingerprint density at radius 3 is 2.45 bits per heavy atom. The number of benzene rings is 1. The Hall–Kier alpha value is -1.96. The molecular weight excluding hydrogens is 356 g/mol. The third kappa shape index (κ3) is 2.90. The van der Waals surface area contributed by atoms with Crippen LogP contribution >= 0.6 is 0 Å². The van der Waals surface area contributed by atoms with Gasteiger partial charge in [0.2, 0.25) is 0 Å². The summed E-state index contributed by atoms with van der Waals surface area (Å²) in [6.45, 7) is 4.65. The standard InChI is InChI=1S/C27H32O2/c1-26-14-12-20(28)17-24(26)19(9-8-18-6-4-3-5-7-18)16-21-22-10-11-25(29)27(22,2)15-13-23(21)26/h3-7,16-17,21-23H,8-15H2,1-2H3/t21?,22?,23?,26-,27+/m1/s1. The Labute approximate surface area is 174 Å². The molecule has 0 N–H and O–H groups in total. The van der Waals surface area contributed by atoms with Crippen molar-refractivity contribution in [3.63, 3.8) is 0 Å². The molecule has 5 atom stereocenters. The lowest BCUT2D eigenvalue weighted by atomic mass is 9.48. The largest absolute Gasteiger partial charge is 0.299 e. The average Bonchev–Trinajstić information content (AvgIpc) is 3.03. The molecule has 0 aliphatic heterocycles. The number of hydrogen-bond acceptors (Lipinski definition) is 2. The van der Waals surface area contributed by atoms with E-state index < -0.39 is 0 Å². The SMILES string of the molecule is C[C@]12CCC(=O)C=C1C(CCc1ccccc1)=CC1C2CC[C@]2(C)C(=O)CCC12. The van der Waals surface area contributed by atoms with E-state index in [-0.39, 0.29) is 10.8 Å². The summed E-state index contributed by atoms with van der Waals surface area (Å²) in [6, 6.07) is 10.7. The lowest BCUT2D eigenvalue weighted by molar-refractivity contribution is -0.130. The highest BCUT2D eigenvalue weighted by molar-refractivity contribution is 5.93. The molecular formula is C27H32O2. The van der Waals surface area contributed by atoms with Gasteiger partial charge in [0.25, 0.3) is 0 Å². The summed E-state index contributed by atoms with van der Waals surface area (Å²) in [5.74, 6) is 2.33. The molecule has 2 nitrogen and oxygen atoms in total. The number of allylic oxidation sites excluding steroid dienone is 4. The normalized spacial score (nSPS) is 38.6. The second-order valence-electron chi connectivity index (χ2n) is 10.3. The van der Waals surface area contributed by atoms with Crippen molar-refractivity contribution in [1.82, 2.24) is 0 Å². The van der Waals surface area contributed by atoms with E-state index in [1.807, 2.05) is 6.08 Å². The molecule has 0 radical (unpaired) electrons. The minimum absolute atomic E-state index is 0.0896. The molecule has 0 amide bonds. The van der Waals surface area contributed by atoms with Gasteiger partial charge in [-0.3, -0.25) is 9.59 Å². The summed E-state index contributed by atoms with van der Waals surface area (Å²) in [4.78, 5) is 25.1. The summed E-state index contributed by atoms with van der Waals surface area (Å²) in [7, 11) is 0. The lowest BCUT2D eigenvalue weighted by Gasteiger charge is -2.56. The zero-order chi connectivity index (χ0) is 20.2. The third-order valence-electron chi connectivity index (χ3n) is 8.94. The van der Waals surface area contributed by atoms with Crippen molar-refractivity contribution < 1.29 is 9.59 Å². The van der Waals surface area contributed by atoms with Crippen molar-refractivity contribution in [2.45, 2.75) is 65.2 Å². The first-order chi connectivity index (χ1) is 13.9. The maximum Gasteiger partial charge on any atom is 0.156 e. The topological polar surface area (TPSA) is 34.1 Å². The van der Waals surface area contributed by atoms with Crippen LogP contribution in [0.25, 0.3) is 0 Å². The van der Waals surface area contributed by atoms with Crippen molar-refractivity contribution in [3.05, 3.63) is 59.2 Å². The van der Waals surface area contributed by atoms with Crippen LogP contribution in [-0.2, 0) is 16.0 Å². The molecule has 0 saturated heterocycles. The Kier molecular flexibility index (Phi) is 4.46. The highest BCUT2D eigenvalue weighted by atomic mass is 16.1. The predicted molar refractivity (Wildman–Crippen MR) is 115 cm³/mol. The van der Waals surface area contributed by atoms with Gasteiger partial charge >= 0.3 is 0 Å². The van der Waals surface area contributed by atoms with Gasteiger partial charge in [0.15, 0.2) is 5.78 Å². The molecule has 0 heterocycles. The van der Waals surface area contributed by atoms with Gasteiger partial charge in [-0.15, -0.1) is 0 Å². The maximum absolute atomic E-state index is 12.7. The van der Waals surface area contributed by atoms with E-state index in [0.29, 0.717) is 35.7 Å². The van der Waals surface area contributed by atoms with E-state index in [4.69, 9.17) is 0 Å². The van der Waals surface area contributed by atoms with Crippen LogP contribution in [0.4, 0.5) is 0 Å². The zero-order valence-electron chi connectivity index (χ0n) is 17.7. The summed E-state index contributed by atoms with van der Waals surface area (Å²) >= 11 is 0. The number of carbonyl (C=O) groups is 2. The number of fused-ring (bicyclic) bond motifs is 5. The Morgan fingerprint density at radius 2 is 1.66 bits per heavy atom. The molecule has 2 heteroatoms. The smallest absolute Gasteiger partial charge is 0.156 e. The molecule has 4 aliphatic carbocycles. The molecule has 5 rings (SSSR count). The third-order valence-corrected chi connectivity index (χ3v) is 8.94. The summed E-state index contributed by atoms with van der Waals surface area (Å²) in [5, 5.41) is 0. The van der Waals surface area contributed by atoms with Crippen LogP contribution in [0.1, 0.15) is 64.4 Å². The monoisotopic (exact) mass is 388 g/mol. The fourth-order valence-electron chi connectivity index (χ4n) is 7.17. The second-order valence-corrected chi connectivity index (χ2v) is 10.3. The highest BCUT2D eigenvalue weighted by Crippen LogP contribution is 2.64. The lowest BCUT2D eigenvalue weighted by Crippen LogP contribution is -2.49. The molecule has 4 aliphatic rings. The van der Waals surface area contributed by atoms with Crippen molar-refractivity contribution in [2.75, 3.05) is 0 Å². The molecule has 2 fully saturated rings. The zero-order valence-corrected chi connectivity index (χ0v) is 17.7. The van der Waals surface area contributed by atoms with Gasteiger partial charge in [-0.1, -0.05) is 50.3 Å². The van der Waals surface area contributed by atoms with E-state index in [2.05, 4.69) is 50.3 Å². The van der Waals surface area contributed by atoms with Gasteiger partial charge in [0.05, 0.1) is 0 Å². The number of hydrogen-bond donors (Lipinski definition) is 0. The number of Topliss-reactive ketones (excluding diaryl/α,β-unsaturated/α-hetero) is 1. The van der Waals surface area contributed by atoms with Gasteiger partial charge < -0.3 is 0 Å². The van der Waals surface area contributed by atoms with Crippen molar-refractivity contribution in [3.8, 4) is 0 Å². The van der Waals surface area contributed by atoms with Gasteiger partial charge in [-0.2, -0.15) is 0 Å². The average molecular weight is 389 g/mol. The highest BCUT2D eigenvalue weighted by Gasteiger charge is 2.58. The minimum Gasteiger partial charge on any atom is -0.299 e. The minimum atomic E-state index is -0.121. The van der Waals surface area contributed by atoms with E-state index in [9.17, 15) is 9.59 Å². The number of ketones is 2. The molecule has 1 aromatic carbocycles. The van der Waals surface area contributed by atoms with E-state index in [1.165, 1.54) is 16.7 Å². The van der Waals surface area contributed by atoms with E-state index >= 15 is 0 Å². The number of aryl methyl sites for hydroxylation is 1. The summed E-state index contributed by atoms with van der Waals surface area (Å²) < 4.78 is 0. The summed E-state index contributed by atoms with van der Waals surface area (Å²) in [5.41, 5.74) is 4.02. The Balaban J connectivity index is 1.54. The van der Waals surface area contributed by atoms with E-state index in [0.717, 1.165) is 44.9 Å². The van der Waals surface area contributed by atoms with Crippen molar-refractivity contribution in [1.29, 1.82) is 0 Å². The van der Waals surface area contributed by atoms with Crippen LogP contribution in [0, 0.1) is 28.6 Å². The molecule has 29 heavy (non-hydrogen) atoms. The van der Waals surface area contributed by atoms with Crippen molar-refractivity contribution in [2.24, 2.45) is 28.6 Å². The fourth-order valence-corrected chi connectivity index (χ4v) is 7.17. The van der Waals surface area contributed by atoms with Gasteiger partial charge in [0, 0.05) is 18.3 Å². The fraction of sp³-hybridized carbons (Fsp3) is 0.556. The number of rotatable bonds is 3. The predicted octanol–water partition coefficient (Wildman–Crippen LogP) is 5.87. The molecule has 0 spiro atoms. The summed E-state index contributed by atoms with van der Waals surface area (Å²) in [6.07, 6.45) is 12.1. The van der Waals surface area contributed by atoms with Crippen molar-refractivity contribution >= 4 is 11.6 Å². The van der Waals surface area contributed by atoms with Crippen LogP contribution in [0.5, 0.6) is 0 Å². The molecule has 3 unspecified atom stereocenters. The van der Waals surface area contributed by atoms with Crippen LogP contribution < -0.4 is 0 Å². The first-order valence-electron chi connectivity index (χ1n) is 11.5. The second kappa shape index (κ2) is 6.79. The Bertz CT molecular complexity index is 908. The maximum atomic E-state index is 12.7. The molecule has 152 valence electrons. The van der Waals surface area contributed by atoms with Gasteiger partial charge in [0.1, 0.15) is 5.78 Å².